The molecule has 2 N–H and O–H groups in total. The van der Waals surface area contributed by atoms with Gasteiger partial charge in [0.2, 0.25) is 11.8 Å². The van der Waals surface area contributed by atoms with Gasteiger partial charge in [-0.1, -0.05) is 0 Å². The SMILES string of the molecule is C[C@@H]1CN2c3ccc(-c4cccnc4)nc3CC3(C(=O)NC(=O)NC3=O)[C@H]2[C@H](C)O1. The number of carbonyl (C=O) groups is 3. The summed E-state index contributed by atoms with van der Waals surface area (Å²) in [7, 11) is 0. The number of ether oxygens (including phenoxy) is 1. The number of barbiturate groups is 1. The zero-order valence-corrected chi connectivity index (χ0v) is 16.6. The molecule has 0 saturated carbocycles. The molecule has 2 aromatic rings. The number of anilines is 1. The van der Waals surface area contributed by atoms with Crippen LogP contribution in [0, 0.1) is 5.41 Å². The van der Waals surface area contributed by atoms with Crippen molar-refractivity contribution in [1.82, 2.24) is 20.6 Å². The Balaban J connectivity index is 1.68. The number of fused-ring (bicyclic) bond motifs is 4. The summed E-state index contributed by atoms with van der Waals surface area (Å²) in [6.07, 6.45) is 2.99. The highest BCUT2D eigenvalue weighted by Crippen LogP contribution is 2.46. The molecule has 0 aliphatic carbocycles. The second-order valence-corrected chi connectivity index (χ2v) is 8.04. The van der Waals surface area contributed by atoms with E-state index >= 15 is 0 Å². The van der Waals surface area contributed by atoms with E-state index in [2.05, 4.69) is 15.6 Å². The van der Waals surface area contributed by atoms with Gasteiger partial charge in [0, 0.05) is 30.9 Å². The number of hydrogen-bond acceptors (Lipinski definition) is 7. The predicted octanol–water partition coefficient (Wildman–Crippen LogP) is 1.03. The van der Waals surface area contributed by atoms with Gasteiger partial charge in [0.25, 0.3) is 0 Å². The number of morpholine rings is 1. The first-order valence-electron chi connectivity index (χ1n) is 9.89. The van der Waals surface area contributed by atoms with Crippen molar-refractivity contribution < 1.29 is 19.1 Å². The molecule has 3 aliphatic rings. The summed E-state index contributed by atoms with van der Waals surface area (Å²) < 4.78 is 6.00. The van der Waals surface area contributed by atoms with Gasteiger partial charge in [-0.3, -0.25) is 30.2 Å². The third-order valence-electron chi connectivity index (χ3n) is 6.11. The molecule has 30 heavy (non-hydrogen) atoms. The van der Waals surface area contributed by atoms with Crippen LogP contribution in [-0.4, -0.2) is 52.6 Å². The van der Waals surface area contributed by atoms with Crippen LogP contribution in [0.1, 0.15) is 19.5 Å². The molecule has 9 nitrogen and oxygen atoms in total. The fraction of sp³-hybridized carbons (Fsp3) is 0.381. The highest BCUT2D eigenvalue weighted by atomic mass is 16.5. The molecule has 9 heteroatoms. The summed E-state index contributed by atoms with van der Waals surface area (Å²) in [5.74, 6) is -1.23. The fourth-order valence-electron chi connectivity index (χ4n) is 4.96. The molecule has 154 valence electrons. The number of rotatable bonds is 1. The standard InChI is InChI=1S/C21H21N5O4/c1-11-10-26-16-6-5-14(13-4-3-7-22-9-13)23-15(16)8-21(17(26)12(2)30-11)18(27)24-20(29)25-19(21)28/h3-7,9,11-12,17H,8,10H2,1-2H3,(H2,24,25,27,28,29)/t11-,12+,17-/m1/s1. The van der Waals surface area contributed by atoms with E-state index in [0.717, 1.165) is 11.3 Å². The van der Waals surface area contributed by atoms with Crippen molar-refractivity contribution in [1.29, 1.82) is 0 Å². The van der Waals surface area contributed by atoms with Crippen molar-refractivity contribution in [3.05, 3.63) is 42.4 Å². The van der Waals surface area contributed by atoms with Crippen LogP contribution in [-0.2, 0) is 20.7 Å². The number of nitrogens with one attached hydrogen (secondary N) is 2. The minimum Gasteiger partial charge on any atom is -0.372 e. The summed E-state index contributed by atoms with van der Waals surface area (Å²) >= 11 is 0. The van der Waals surface area contributed by atoms with Crippen molar-refractivity contribution in [2.24, 2.45) is 5.41 Å². The van der Waals surface area contributed by atoms with E-state index in [9.17, 15) is 14.4 Å². The molecule has 2 saturated heterocycles. The van der Waals surface area contributed by atoms with Crippen LogP contribution in [0.5, 0.6) is 0 Å². The van der Waals surface area contributed by atoms with Crippen LogP contribution in [0.15, 0.2) is 36.7 Å². The first-order chi connectivity index (χ1) is 14.4. The summed E-state index contributed by atoms with van der Waals surface area (Å²) in [5.41, 5.74) is 1.54. The number of amides is 4. The number of urea groups is 1. The molecule has 2 fully saturated rings. The van der Waals surface area contributed by atoms with Gasteiger partial charge in [0.05, 0.1) is 35.3 Å². The fourth-order valence-corrected chi connectivity index (χ4v) is 4.96. The molecule has 1 spiro atoms. The maximum atomic E-state index is 13.1. The third-order valence-corrected chi connectivity index (χ3v) is 6.11. The summed E-state index contributed by atoms with van der Waals surface area (Å²) in [5, 5.41) is 4.56. The van der Waals surface area contributed by atoms with E-state index in [-0.39, 0.29) is 12.5 Å². The van der Waals surface area contributed by atoms with Crippen LogP contribution in [0.2, 0.25) is 0 Å². The number of aromatic nitrogens is 2. The van der Waals surface area contributed by atoms with Crippen LogP contribution < -0.4 is 15.5 Å². The Morgan fingerprint density at radius 2 is 1.90 bits per heavy atom. The van der Waals surface area contributed by atoms with Crippen LogP contribution >= 0.6 is 0 Å². The molecule has 5 rings (SSSR count). The Hall–Kier alpha value is -3.33. The normalized spacial score (nSPS) is 27.2. The maximum absolute atomic E-state index is 13.1. The smallest absolute Gasteiger partial charge is 0.328 e. The number of pyridine rings is 2. The lowest BCUT2D eigenvalue weighted by Gasteiger charge is -2.55. The summed E-state index contributed by atoms with van der Waals surface area (Å²) in [4.78, 5) is 49.0. The van der Waals surface area contributed by atoms with Crippen LogP contribution in [0.3, 0.4) is 0 Å². The molecular formula is C21H21N5O4. The van der Waals surface area contributed by atoms with Crippen LogP contribution in [0.25, 0.3) is 11.3 Å². The minimum absolute atomic E-state index is 0.0740. The largest absolute Gasteiger partial charge is 0.372 e. The molecular weight excluding hydrogens is 386 g/mol. The number of hydrogen-bond donors (Lipinski definition) is 2. The van der Waals surface area contributed by atoms with Gasteiger partial charge in [-0.15, -0.1) is 0 Å². The van der Waals surface area contributed by atoms with Gasteiger partial charge >= 0.3 is 6.03 Å². The Morgan fingerprint density at radius 1 is 1.13 bits per heavy atom. The Labute approximate surface area is 172 Å². The maximum Gasteiger partial charge on any atom is 0.328 e. The average molecular weight is 407 g/mol. The molecule has 5 heterocycles. The lowest BCUT2D eigenvalue weighted by molar-refractivity contribution is -0.153. The van der Waals surface area contributed by atoms with Gasteiger partial charge in [-0.2, -0.15) is 0 Å². The number of carbonyl (C=O) groups excluding carboxylic acids is 3. The molecule has 3 atom stereocenters. The van der Waals surface area contributed by atoms with Crippen molar-refractivity contribution in [3.8, 4) is 11.3 Å². The van der Waals surface area contributed by atoms with Crippen molar-refractivity contribution in [2.45, 2.75) is 38.5 Å². The highest BCUT2D eigenvalue weighted by molar-refractivity contribution is 6.20. The quantitative estimate of drug-likeness (QED) is 0.679. The molecule has 2 aromatic heterocycles. The average Bonchev–Trinajstić information content (AvgIpc) is 2.71. The van der Waals surface area contributed by atoms with Gasteiger partial charge in [0.1, 0.15) is 0 Å². The van der Waals surface area contributed by atoms with Crippen molar-refractivity contribution >= 4 is 23.5 Å². The molecule has 0 radical (unpaired) electrons. The molecule has 4 amide bonds. The third kappa shape index (κ3) is 2.62. The monoisotopic (exact) mass is 407 g/mol. The second-order valence-electron chi connectivity index (χ2n) is 8.04. The highest BCUT2D eigenvalue weighted by Gasteiger charge is 2.63. The summed E-state index contributed by atoms with van der Waals surface area (Å²) in [6.45, 7) is 4.32. The van der Waals surface area contributed by atoms with Gasteiger partial charge in [0.15, 0.2) is 5.41 Å². The predicted molar refractivity (Wildman–Crippen MR) is 106 cm³/mol. The second kappa shape index (κ2) is 6.60. The van der Waals surface area contributed by atoms with E-state index < -0.39 is 35.4 Å². The first-order valence-corrected chi connectivity index (χ1v) is 9.89. The molecule has 0 bridgehead atoms. The Bertz CT molecular complexity index is 1040. The van der Waals surface area contributed by atoms with Gasteiger partial charge in [-0.25, -0.2) is 4.79 Å². The number of imide groups is 2. The Kier molecular flexibility index (Phi) is 4.11. The zero-order valence-electron chi connectivity index (χ0n) is 16.6. The lowest BCUT2D eigenvalue weighted by Crippen LogP contribution is -2.75. The van der Waals surface area contributed by atoms with E-state index in [1.54, 1.807) is 12.4 Å². The lowest BCUT2D eigenvalue weighted by atomic mass is 9.67. The van der Waals surface area contributed by atoms with E-state index in [1.807, 2.05) is 43.0 Å². The summed E-state index contributed by atoms with van der Waals surface area (Å²) in [6, 6.07) is 6.26. The van der Waals surface area contributed by atoms with Crippen LogP contribution in [0.4, 0.5) is 10.5 Å². The Morgan fingerprint density at radius 3 is 2.60 bits per heavy atom. The number of nitrogens with zero attached hydrogens (tertiary/aromatic N) is 3. The van der Waals surface area contributed by atoms with E-state index in [4.69, 9.17) is 9.72 Å². The van der Waals surface area contributed by atoms with Crippen molar-refractivity contribution in [2.75, 3.05) is 11.4 Å². The first kappa shape index (κ1) is 18.7. The minimum atomic E-state index is -1.51. The topological polar surface area (TPSA) is 114 Å². The molecule has 0 unspecified atom stereocenters. The molecule has 0 aromatic carbocycles. The van der Waals surface area contributed by atoms with Gasteiger partial charge in [-0.05, 0) is 38.1 Å². The van der Waals surface area contributed by atoms with E-state index in [1.165, 1.54) is 0 Å². The van der Waals surface area contributed by atoms with Gasteiger partial charge < -0.3 is 9.64 Å². The zero-order chi connectivity index (χ0) is 21.0. The van der Waals surface area contributed by atoms with E-state index in [0.29, 0.717) is 17.9 Å². The molecule has 3 aliphatic heterocycles. The van der Waals surface area contributed by atoms with Crippen molar-refractivity contribution in [3.63, 3.8) is 0 Å².